The first kappa shape index (κ1) is 19.4. The molecule has 0 saturated carbocycles. The van der Waals surface area contributed by atoms with Crippen LogP contribution in [0.15, 0.2) is 47.4 Å². The second-order valence-corrected chi connectivity index (χ2v) is 9.74. The van der Waals surface area contributed by atoms with Crippen molar-refractivity contribution >= 4 is 21.4 Å². The average Bonchev–Trinajstić information content (AvgIpc) is 2.83. The third-order valence-corrected chi connectivity index (χ3v) is 6.70. The summed E-state index contributed by atoms with van der Waals surface area (Å²) in [6.45, 7) is 6.63. The second-order valence-electron chi connectivity index (χ2n) is 7.88. The zero-order valence-corrected chi connectivity index (χ0v) is 16.6. The number of nitrogens with zero attached hydrogens (tertiary/aromatic N) is 2. The first-order valence-electron chi connectivity index (χ1n) is 9.01. The van der Waals surface area contributed by atoms with Crippen molar-refractivity contribution in [2.75, 3.05) is 10.8 Å². The van der Waals surface area contributed by atoms with Gasteiger partial charge in [-0.25, -0.2) is 8.42 Å². The van der Waals surface area contributed by atoms with E-state index in [1.165, 1.54) is 22.5 Å². The zero-order valence-electron chi connectivity index (χ0n) is 15.8. The van der Waals surface area contributed by atoms with Crippen LogP contribution in [0.1, 0.15) is 44.7 Å². The zero-order chi connectivity index (χ0) is 19.8. The van der Waals surface area contributed by atoms with Crippen LogP contribution >= 0.6 is 0 Å². The van der Waals surface area contributed by atoms with Gasteiger partial charge in [0.25, 0.3) is 15.7 Å². The number of benzene rings is 2. The van der Waals surface area contributed by atoms with Gasteiger partial charge < -0.3 is 0 Å². The normalized spacial score (nSPS) is 15.1. The van der Waals surface area contributed by atoms with Gasteiger partial charge in [0, 0.05) is 18.7 Å². The van der Waals surface area contributed by atoms with E-state index in [4.69, 9.17) is 0 Å². The predicted octanol–water partition coefficient (Wildman–Crippen LogP) is 4.42. The molecular formula is C20H24N2O4S. The van der Waals surface area contributed by atoms with E-state index in [1.54, 1.807) is 0 Å². The predicted molar refractivity (Wildman–Crippen MR) is 106 cm³/mol. The number of anilines is 1. The van der Waals surface area contributed by atoms with Crippen molar-refractivity contribution in [3.8, 4) is 0 Å². The van der Waals surface area contributed by atoms with Crippen molar-refractivity contribution < 1.29 is 13.3 Å². The van der Waals surface area contributed by atoms with Crippen molar-refractivity contribution in [3.63, 3.8) is 0 Å². The monoisotopic (exact) mass is 388 g/mol. The molecule has 0 saturated heterocycles. The SMILES string of the molecule is CC(C)(C)c1ccc2c(c1)N(S(=O)(=O)c1cccc([N+](=O)[O-])c1)CCCC2. The number of sulfonamides is 1. The highest BCUT2D eigenvalue weighted by atomic mass is 32.2. The number of rotatable bonds is 3. The molecule has 27 heavy (non-hydrogen) atoms. The highest BCUT2D eigenvalue weighted by Gasteiger charge is 2.30. The third kappa shape index (κ3) is 3.83. The van der Waals surface area contributed by atoms with Crippen LogP contribution in [-0.4, -0.2) is 19.9 Å². The van der Waals surface area contributed by atoms with E-state index in [0.29, 0.717) is 12.2 Å². The van der Waals surface area contributed by atoms with Crippen LogP contribution in [0.2, 0.25) is 0 Å². The number of nitro benzene ring substituents is 1. The molecule has 0 atom stereocenters. The highest BCUT2D eigenvalue weighted by molar-refractivity contribution is 7.92. The Kier molecular flexibility index (Phi) is 4.99. The molecule has 0 N–H and O–H groups in total. The van der Waals surface area contributed by atoms with Gasteiger partial charge in [0.05, 0.1) is 15.5 Å². The van der Waals surface area contributed by atoms with E-state index >= 15 is 0 Å². The van der Waals surface area contributed by atoms with Crippen LogP contribution in [0.25, 0.3) is 0 Å². The standard InChI is InChI=1S/C20H24N2O4S/c1-20(2,3)16-11-10-15-7-4-5-12-21(19(15)13-16)27(25,26)18-9-6-8-17(14-18)22(23)24/h6,8-11,13-14H,4-5,7,12H2,1-3H3. The second kappa shape index (κ2) is 6.96. The van der Waals surface area contributed by atoms with Gasteiger partial charge >= 0.3 is 0 Å². The maximum Gasteiger partial charge on any atom is 0.270 e. The van der Waals surface area contributed by atoms with Crippen molar-refractivity contribution in [2.24, 2.45) is 0 Å². The number of fused-ring (bicyclic) bond motifs is 1. The first-order chi connectivity index (χ1) is 12.6. The largest absolute Gasteiger partial charge is 0.270 e. The fraction of sp³-hybridized carbons (Fsp3) is 0.400. The number of hydrogen-bond acceptors (Lipinski definition) is 4. The maximum absolute atomic E-state index is 13.3. The summed E-state index contributed by atoms with van der Waals surface area (Å²) in [4.78, 5) is 10.4. The van der Waals surface area contributed by atoms with Crippen LogP contribution in [0.4, 0.5) is 11.4 Å². The van der Waals surface area contributed by atoms with Crippen LogP contribution in [0.3, 0.4) is 0 Å². The lowest BCUT2D eigenvalue weighted by molar-refractivity contribution is -0.385. The van der Waals surface area contributed by atoms with E-state index in [9.17, 15) is 18.5 Å². The Labute approximate surface area is 160 Å². The van der Waals surface area contributed by atoms with Gasteiger partial charge in [-0.1, -0.05) is 39.0 Å². The lowest BCUT2D eigenvalue weighted by atomic mass is 9.86. The summed E-state index contributed by atoms with van der Waals surface area (Å²) >= 11 is 0. The molecule has 1 aliphatic heterocycles. The molecule has 7 heteroatoms. The van der Waals surface area contributed by atoms with Gasteiger partial charge in [-0.05, 0) is 47.9 Å². The number of hydrogen-bond donors (Lipinski definition) is 0. The lowest BCUT2D eigenvalue weighted by Crippen LogP contribution is -2.32. The Morgan fingerprint density at radius 1 is 1.07 bits per heavy atom. The molecule has 0 spiro atoms. The number of non-ortho nitro benzene ring substituents is 1. The molecule has 0 fully saturated rings. The molecular weight excluding hydrogens is 364 g/mol. The first-order valence-corrected chi connectivity index (χ1v) is 10.5. The van der Waals surface area contributed by atoms with Crippen molar-refractivity contribution in [3.05, 3.63) is 63.7 Å². The molecule has 1 heterocycles. The van der Waals surface area contributed by atoms with Gasteiger partial charge in [-0.3, -0.25) is 14.4 Å². The van der Waals surface area contributed by atoms with E-state index in [1.807, 2.05) is 12.1 Å². The van der Waals surface area contributed by atoms with Gasteiger partial charge in [-0.2, -0.15) is 0 Å². The molecule has 6 nitrogen and oxygen atoms in total. The quantitative estimate of drug-likeness (QED) is 0.576. The minimum atomic E-state index is -3.89. The summed E-state index contributed by atoms with van der Waals surface area (Å²) in [7, 11) is -3.89. The Balaban J connectivity index is 2.14. The van der Waals surface area contributed by atoms with E-state index < -0.39 is 14.9 Å². The number of aryl methyl sites for hydroxylation is 1. The fourth-order valence-corrected chi connectivity index (χ4v) is 4.87. The van der Waals surface area contributed by atoms with Gasteiger partial charge in [-0.15, -0.1) is 0 Å². The molecule has 0 radical (unpaired) electrons. The molecule has 0 amide bonds. The Morgan fingerprint density at radius 2 is 1.81 bits per heavy atom. The van der Waals surface area contributed by atoms with Crippen molar-refractivity contribution in [2.45, 2.75) is 50.3 Å². The summed E-state index contributed by atoms with van der Waals surface area (Å²) in [5.41, 5.74) is 2.40. The number of nitro groups is 1. The van der Waals surface area contributed by atoms with Crippen LogP contribution in [0, 0.1) is 10.1 Å². The summed E-state index contributed by atoms with van der Waals surface area (Å²) in [5, 5.41) is 11.1. The van der Waals surface area contributed by atoms with E-state index in [2.05, 4.69) is 26.8 Å². The van der Waals surface area contributed by atoms with Gasteiger partial charge in [0.1, 0.15) is 0 Å². The van der Waals surface area contributed by atoms with E-state index in [-0.39, 0.29) is 16.0 Å². The molecule has 144 valence electrons. The van der Waals surface area contributed by atoms with Crippen LogP contribution < -0.4 is 4.31 Å². The molecule has 0 aromatic heterocycles. The minimum Gasteiger partial charge on any atom is -0.266 e. The molecule has 2 aromatic rings. The maximum atomic E-state index is 13.3. The Bertz CT molecular complexity index is 978. The van der Waals surface area contributed by atoms with Crippen molar-refractivity contribution in [1.82, 2.24) is 0 Å². The Morgan fingerprint density at radius 3 is 2.48 bits per heavy atom. The topological polar surface area (TPSA) is 80.5 Å². The molecule has 0 unspecified atom stereocenters. The third-order valence-electron chi connectivity index (χ3n) is 4.89. The fourth-order valence-electron chi connectivity index (χ4n) is 3.30. The minimum absolute atomic E-state index is 0.0503. The lowest BCUT2D eigenvalue weighted by Gasteiger charge is -2.27. The van der Waals surface area contributed by atoms with Gasteiger partial charge in [0.2, 0.25) is 0 Å². The molecule has 1 aliphatic rings. The Hall–Kier alpha value is -2.41. The van der Waals surface area contributed by atoms with E-state index in [0.717, 1.165) is 36.5 Å². The van der Waals surface area contributed by atoms with Crippen LogP contribution in [-0.2, 0) is 21.9 Å². The van der Waals surface area contributed by atoms with Gasteiger partial charge in [0.15, 0.2) is 0 Å². The highest BCUT2D eigenvalue weighted by Crippen LogP contribution is 2.35. The summed E-state index contributed by atoms with van der Waals surface area (Å²) in [6, 6.07) is 11.3. The van der Waals surface area contributed by atoms with Crippen molar-refractivity contribution in [1.29, 1.82) is 0 Å². The average molecular weight is 388 g/mol. The molecule has 0 bridgehead atoms. The molecule has 3 rings (SSSR count). The molecule has 0 aliphatic carbocycles. The summed E-state index contributed by atoms with van der Waals surface area (Å²) in [5.74, 6) is 0. The smallest absolute Gasteiger partial charge is 0.266 e. The molecule has 2 aromatic carbocycles. The summed E-state index contributed by atoms with van der Waals surface area (Å²) in [6.07, 6.45) is 2.47. The summed E-state index contributed by atoms with van der Waals surface area (Å²) < 4.78 is 28.1. The van der Waals surface area contributed by atoms with Crippen LogP contribution in [0.5, 0.6) is 0 Å².